The Labute approximate surface area is 122 Å². The number of nitrogens with one attached hydrogen (secondary N) is 2. The maximum absolute atomic E-state index is 7.89. The van der Waals surface area contributed by atoms with Gasteiger partial charge in [-0.3, -0.25) is 10.8 Å². The molecule has 0 aromatic rings. The first-order valence-electron chi connectivity index (χ1n) is 6.84. The van der Waals surface area contributed by atoms with E-state index < -0.39 is 11.1 Å². The molecule has 0 aliphatic rings. The Morgan fingerprint density at radius 3 is 1.20 bits per heavy atom. The van der Waals surface area contributed by atoms with Gasteiger partial charge in [-0.15, -0.1) is 0 Å². The van der Waals surface area contributed by atoms with E-state index in [-0.39, 0.29) is 24.0 Å². The second-order valence-corrected chi connectivity index (χ2v) is 6.31. The summed E-state index contributed by atoms with van der Waals surface area (Å²) in [6.07, 6.45) is -0.153. The first-order valence-corrected chi connectivity index (χ1v) is 6.84. The van der Waals surface area contributed by atoms with Crippen LogP contribution in [0.4, 0.5) is 0 Å². The Balaban J connectivity index is 4.90. The third-order valence-corrected chi connectivity index (χ3v) is 2.37. The lowest BCUT2D eigenvalue weighted by Gasteiger charge is -2.25. The Morgan fingerprint density at radius 2 is 1.00 bits per heavy atom. The molecule has 0 atom stereocenters. The van der Waals surface area contributed by atoms with Crippen LogP contribution < -0.4 is 0 Å². The second-order valence-electron chi connectivity index (χ2n) is 6.31. The Bertz CT molecular complexity index is 349. The van der Waals surface area contributed by atoms with Gasteiger partial charge in [-0.25, -0.2) is 0 Å². The lowest BCUT2D eigenvalue weighted by atomic mass is 10.1. The van der Waals surface area contributed by atoms with Gasteiger partial charge in [0.2, 0.25) is 11.8 Å². The first-order chi connectivity index (χ1) is 8.88. The Kier molecular flexibility index (Phi) is 6.32. The van der Waals surface area contributed by atoms with E-state index in [0.29, 0.717) is 0 Å². The summed E-state index contributed by atoms with van der Waals surface area (Å²) in [4.78, 5) is 0. The molecule has 0 aromatic carbocycles. The highest BCUT2D eigenvalue weighted by molar-refractivity contribution is 5.84. The summed E-state index contributed by atoms with van der Waals surface area (Å²) in [6.45, 7) is 14.5. The highest BCUT2D eigenvalue weighted by Gasteiger charge is 2.31. The highest BCUT2D eigenvalue weighted by Crippen LogP contribution is 2.20. The van der Waals surface area contributed by atoms with Crippen LogP contribution in [-0.2, 0) is 9.47 Å². The third-order valence-electron chi connectivity index (χ3n) is 2.37. The zero-order valence-corrected chi connectivity index (χ0v) is 13.9. The number of hydrogen-bond donors (Lipinski definition) is 2. The summed E-state index contributed by atoms with van der Waals surface area (Å²) in [7, 11) is 0. The van der Waals surface area contributed by atoms with Gasteiger partial charge in [0.25, 0.3) is 0 Å². The SMILES string of the molecule is CC(C)OC(=N)C(C)(C)N=NC(C)(C)C(=N)OC(C)C. The van der Waals surface area contributed by atoms with Crippen molar-refractivity contribution >= 4 is 11.8 Å². The van der Waals surface area contributed by atoms with Crippen LogP contribution in [0.2, 0.25) is 0 Å². The predicted molar refractivity (Wildman–Crippen MR) is 80.9 cm³/mol. The molecule has 0 fully saturated rings. The number of ether oxygens (including phenoxy) is 2. The van der Waals surface area contributed by atoms with Crippen molar-refractivity contribution in [1.82, 2.24) is 0 Å². The van der Waals surface area contributed by atoms with E-state index in [0.717, 1.165) is 0 Å². The number of rotatable bonds is 6. The van der Waals surface area contributed by atoms with Crippen molar-refractivity contribution in [3.05, 3.63) is 0 Å². The molecule has 0 rings (SSSR count). The molecule has 116 valence electrons. The number of hydrogen-bond acceptors (Lipinski definition) is 6. The van der Waals surface area contributed by atoms with E-state index in [9.17, 15) is 0 Å². The summed E-state index contributed by atoms with van der Waals surface area (Å²) in [6, 6.07) is 0. The zero-order valence-electron chi connectivity index (χ0n) is 13.9. The maximum Gasteiger partial charge on any atom is 0.210 e. The smallest absolute Gasteiger partial charge is 0.210 e. The van der Waals surface area contributed by atoms with Crippen molar-refractivity contribution in [2.45, 2.75) is 78.7 Å². The van der Waals surface area contributed by atoms with Crippen LogP contribution in [0.3, 0.4) is 0 Å². The van der Waals surface area contributed by atoms with Gasteiger partial charge in [-0.05, 0) is 55.4 Å². The molecular weight excluding hydrogens is 256 g/mol. The third kappa shape index (κ3) is 6.12. The van der Waals surface area contributed by atoms with Gasteiger partial charge >= 0.3 is 0 Å². The van der Waals surface area contributed by atoms with Crippen molar-refractivity contribution in [3.63, 3.8) is 0 Å². The fourth-order valence-corrected chi connectivity index (χ4v) is 1.10. The number of nitrogens with zero attached hydrogens (tertiary/aromatic N) is 2. The van der Waals surface area contributed by atoms with Gasteiger partial charge < -0.3 is 9.47 Å². The second kappa shape index (κ2) is 6.81. The summed E-state index contributed by atoms with van der Waals surface area (Å²) in [5.41, 5.74) is -1.72. The molecule has 0 heterocycles. The van der Waals surface area contributed by atoms with Crippen molar-refractivity contribution < 1.29 is 9.47 Å². The van der Waals surface area contributed by atoms with E-state index in [2.05, 4.69) is 10.2 Å². The van der Waals surface area contributed by atoms with Gasteiger partial charge in [0.1, 0.15) is 0 Å². The summed E-state index contributed by atoms with van der Waals surface area (Å²) >= 11 is 0. The molecule has 0 amide bonds. The first kappa shape index (κ1) is 18.5. The molecule has 0 aromatic heterocycles. The van der Waals surface area contributed by atoms with E-state index in [1.165, 1.54) is 0 Å². The topological polar surface area (TPSA) is 90.9 Å². The molecule has 0 aliphatic heterocycles. The minimum Gasteiger partial charge on any atom is -0.477 e. The lowest BCUT2D eigenvalue weighted by Crippen LogP contribution is -2.36. The van der Waals surface area contributed by atoms with E-state index >= 15 is 0 Å². The number of azo groups is 1. The van der Waals surface area contributed by atoms with Gasteiger partial charge in [-0.1, -0.05) is 0 Å². The molecule has 0 aliphatic carbocycles. The van der Waals surface area contributed by atoms with Crippen LogP contribution in [0.5, 0.6) is 0 Å². The highest BCUT2D eigenvalue weighted by atomic mass is 16.5. The molecule has 0 bridgehead atoms. The van der Waals surface area contributed by atoms with Gasteiger partial charge in [-0.2, -0.15) is 10.2 Å². The summed E-state index contributed by atoms with van der Waals surface area (Å²) < 4.78 is 10.7. The van der Waals surface area contributed by atoms with Crippen LogP contribution in [0.15, 0.2) is 10.2 Å². The molecule has 0 unspecified atom stereocenters. The fraction of sp³-hybridized carbons (Fsp3) is 0.857. The average Bonchev–Trinajstić information content (AvgIpc) is 2.24. The van der Waals surface area contributed by atoms with Gasteiger partial charge in [0.15, 0.2) is 11.1 Å². The van der Waals surface area contributed by atoms with Gasteiger partial charge in [0, 0.05) is 0 Å². The molecule has 6 nitrogen and oxygen atoms in total. The van der Waals surface area contributed by atoms with E-state index in [4.69, 9.17) is 20.3 Å². The lowest BCUT2D eigenvalue weighted by molar-refractivity contribution is 0.199. The molecule has 0 saturated carbocycles. The fourth-order valence-electron chi connectivity index (χ4n) is 1.10. The summed E-state index contributed by atoms with van der Waals surface area (Å²) in [5, 5.41) is 24.1. The van der Waals surface area contributed by atoms with Crippen molar-refractivity contribution in [2.75, 3.05) is 0 Å². The van der Waals surface area contributed by atoms with Crippen molar-refractivity contribution in [1.29, 1.82) is 10.8 Å². The molecule has 2 N–H and O–H groups in total. The standard InChI is InChI=1S/C14H28N4O2/c1-9(2)19-11(15)13(5,6)17-18-14(7,8)12(16)20-10(3)4/h9-10,15-16H,1-8H3. The van der Waals surface area contributed by atoms with E-state index in [1.54, 1.807) is 27.7 Å². The monoisotopic (exact) mass is 284 g/mol. The van der Waals surface area contributed by atoms with Gasteiger partial charge in [0.05, 0.1) is 12.2 Å². The maximum atomic E-state index is 7.89. The molecular formula is C14H28N4O2. The van der Waals surface area contributed by atoms with Crippen molar-refractivity contribution in [2.24, 2.45) is 10.2 Å². The average molecular weight is 284 g/mol. The van der Waals surface area contributed by atoms with E-state index in [1.807, 2.05) is 27.7 Å². The molecule has 20 heavy (non-hydrogen) atoms. The normalized spacial score (nSPS) is 13.1. The van der Waals surface area contributed by atoms with Crippen LogP contribution in [0.1, 0.15) is 55.4 Å². The molecule has 0 radical (unpaired) electrons. The van der Waals surface area contributed by atoms with Crippen LogP contribution >= 0.6 is 0 Å². The predicted octanol–water partition coefficient (Wildman–Crippen LogP) is 3.80. The minimum atomic E-state index is -0.861. The minimum absolute atomic E-state index is 0.0587. The largest absolute Gasteiger partial charge is 0.477 e. The Hall–Kier alpha value is -1.46. The quantitative estimate of drug-likeness (QED) is 0.441. The van der Waals surface area contributed by atoms with Crippen LogP contribution in [-0.4, -0.2) is 35.1 Å². The van der Waals surface area contributed by atoms with Crippen LogP contribution in [0.25, 0.3) is 0 Å². The van der Waals surface area contributed by atoms with Crippen LogP contribution in [0, 0.1) is 10.8 Å². The molecule has 6 heteroatoms. The Morgan fingerprint density at radius 1 is 0.750 bits per heavy atom. The molecule has 0 spiro atoms. The zero-order chi connectivity index (χ0) is 16.1. The summed E-state index contributed by atoms with van der Waals surface area (Å²) in [5.74, 6) is 0.117. The molecule has 0 saturated heterocycles. The van der Waals surface area contributed by atoms with Crippen molar-refractivity contribution in [3.8, 4) is 0 Å².